The number of ether oxygens (including phenoxy) is 2. The lowest BCUT2D eigenvalue weighted by atomic mass is 10.1. The Labute approximate surface area is 199 Å². The normalized spacial score (nSPS) is 16.3. The Kier molecular flexibility index (Phi) is 6.02. The number of carbonyl (C=O) groups excluding carboxylic acids is 1. The molecule has 2 heterocycles. The Bertz CT molecular complexity index is 1330. The molecular weight excluding hydrogens is 452 g/mol. The topological polar surface area (TPSA) is 84.9 Å². The van der Waals surface area contributed by atoms with E-state index in [1.807, 2.05) is 19.1 Å². The van der Waals surface area contributed by atoms with Gasteiger partial charge in [0.2, 0.25) is 10.0 Å². The molecule has 3 aromatic rings. The second-order valence-corrected chi connectivity index (χ2v) is 10.5. The lowest BCUT2D eigenvalue weighted by Gasteiger charge is -2.22. The van der Waals surface area contributed by atoms with E-state index in [-0.39, 0.29) is 22.0 Å². The second kappa shape index (κ2) is 9.12. The molecule has 34 heavy (non-hydrogen) atoms. The minimum atomic E-state index is -3.91. The minimum absolute atomic E-state index is 0.0431. The number of nitrogens with one attached hydrogen (secondary N) is 1. The van der Waals surface area contributed by atoms with Crippen molar-refractivity contribution in [3.8, 4) is 23.0 Å². The van der Waals surface area contributed by atoms with Crippen molar-refractivity contribution in [1.29, 1.82) is 0 Å². The molecule has 0 saturated carbocycles. The van der Waals surface area contributed by atoms with Gasteiger partial charge in [-0.05, 0) is 50.1 Å². The van der Waals surface area contributed by atoms with Gasteiger partial charge in [-0.1, -0.05) is 42.7 Å². The van der Waals surface area contributed by atoms with Crippen molar-refractivity contribution in [3.05, 3.63) is 71.8 Å². The van der Waals surface area contributed by atoms with E-state index >= 15 is 0 Å². The molecule has 0 spiro atoms. The third-order valence-electron chi connectivity index (χ3n) is 6.08. The molecule has 0 aromatic heterocycles. The summed E-state index contributed by atoms with van der Waals surface area (Å²) >= 11 is 0. The first-order valence-electron chi connectivity index (χ1n) is 11.4. The van der Waals surface area contributed by atoms with Crippen molar-refractivity contribution in [2.24, 2.45) is 0 Å². The summed E-state index contributed by atoms with van der Waals surface area (Å²) in [5.74, 6) is 0.892. The van der Waals surface area contributed by atoms with Crippen LogP contribution in [0.4, 0.5) is 5.69 Å². The van der Waals surface area contributed by atoms with Gasteiger partial charge in [0.05, 0.1) is 11.3 Å². The van der Waals surface area contributed by atoms with Gasteiger partial charge in [-0.2, -0.15) is 4.31 Å². The number of anilines is 1. The predicted octanol–water partition coefficient (Wildman–Crippen LogP) is 5.71. The summed E-state index contributed by atoms with van der Waals surface area (Å²) in [7, 11) is -3.91. The van der Waals surface area contributed by atoms with E-state index in [1.54, 1.807) is 36.4 Å². The van der Waals surface area contributed by atoms with Gasteiger partial charge >= 0.3 is 0 Å². The molecule has 8 heteroatoms. The number of hydrogen-bond donors (Lipinski definition) is 1. The summed E-state index contributed by atoms with van der Waals surface area (Å²) in [6.07, 6.45) is 3.60. The Morgan fingerprint density at radius 3 is 2.35 bits per heavy atom. The predicted molar refractivity (Wildman–Crippen MR) is 129 cm³/mol. The van der Waals surface area contributed by atoms with Gasteiger partial charge in [-0.25, -0.2) is 8.42 Å². The molecule has 2 aliphatic rings. The Hall–Kier alpha value is -3.36. The molecule has 1 saturated heterocycles. The third kappa shape index (κ3) is 4.38. The molecule has 0 bridgehead atoms. The standard InChI is InChI=1S/C26H26N2O5S/c1-18-10-12-19(13-11-18)32-24-17-23-20(26(29)27-21-8-4-5-9-22(21)33-23)16-25(24)34(30,31)28-14-6-2-3-7-15-28/h4-5,8-13,16-17H,2-3,6-7,14-15H2,1H3,(H,27,29). The van der Waals surface area contributed by atoms with Crippen LogP contribution in [0.5, 0.6) is 23.0 Å². The summed E-state index contributed by atoms with van der Waals surface area (Å²) in [4.78, 5) is 13.0. The Morgan fingerprint density at radius 2 is 1.62 bits per heavy atom. The minimum Gasteiger partial charge on any atom is -0.456 e. The summed E-state index contributed by atoms with van der Waals surface area (Å²) in [6, 6.07) is 17.3. The van der Waals surface area contributed by atoms with Gasteiger partial charge in [-0.15, -0.1) is 0 Å². The van der Waals surface area contributed by atoms with Crippen molar-refractivity contribution in [3.63, 3.8) is 0 Å². The fourth-order valence-electron chi connectivity index (χ4n) is 4.21. The first-order chi connectivity index (χ1) is 16.4. The van der Waals surface area contributed by atoms with Crippen LogP contribution in [0, 0.1) is 6.92 Å². The molecule has 3 aromatic carbocycles. The van der Waals surface area contributed by atoms with Crippen LogP contribution in [-0.4, -0.2) is 31.7 Å². The van der Waals surface area contributed by atoms with E-state index in [2.05, 4.69) is 5.32 Å². The SMILES string of the molecule is Cc1ccc(Oc2cc3c(cc2S(=O)(=O)N2CCCCCC2)C(=O)Nc2ccccc2O3)cc1. The van der Waals surface area contributed by atoms with Crippen LogP contribution < -0.4 is 14.8 Å². The van der Waals surface area contributed by atoms with Crippen LogP contribution in [0.2, 0.25) is 0 Å². The smallest absolute Gasteiger partial charge is 0.259 e. The Morgan fingerprint density at radius 1 is 0.912 bits per heavy atom. The number of benzene rings is 3. The molecule has 0 aliphatic carbocycles. The van der Waals surface area contributed by atoms with Crippen LogP contribution in [0.15, 0.2) is 65.6 Å². The van der Waals surface area contributed by atoms with E-state index in [0.29, 0.717) is 30.3 Å². The number of nitrogens with zero attached hydrogens (tertiary/aromatic N) is 1. The van der Waals surface area contributed by atoms with Gasteiger partial charge < -0.3 is 14.8 Å². The fraction of sp³-hybridized carbons (Fsp3) is 0.269. The molecule has 1 N–H and O–H groups in total. The van der Waals surface area contributed by atoms with Crippen molar-refractivity contribution in [1.82, 2.24) is 4.31 Å². The average Bonchev–Trinajstić information content (AvgIpc) is 3.18. The zero-order valence-electron chi connectivity index (χ0n) is 18.9. The first-order valence-corrected chi connectivity index (χ1v) is 12.9. The summed E-state index contributed by atoms with van der Waals surface area (Å²) < 4.78 is 41.2. The summed E-state index contributed by atoms with van der Waals surface area (Å²) in [6.45, 7) is 2.85. The van der Waals surface area contributed by atoms with Gasteiger partial charge in [0.25, 0.3) is 5.91 Å². The molecule has 0 radical (unpaired) electrons. The maximum absolute atomic E-state index is 13.8. The maximum Gasteiger partial charge on any atom is 0.259 e. The lowest BCUT2D eigenvalue weighted by molar-refractivity contribution is 0.102. The van der Waals surface area contributed by atoms with E-state index in [9.17, 15) is 13.2 Å². The number of sulfonamides is 1. The van der Waals surface area contributed by atoms with E-state index in [4.69, 9.17) is 9.47 Å². The van der Waals surface area contributed by atoms with Crippen molar-refractivity contribution >= 4 is 21.6 Å². The molecule has 1 fully saturated rings. The van der Waals surface area contributed by atoms with Gasteiger partial charge in [0.1, 0.15) is 16.4 Å². The maximum atomic E-state index is 13.8. The Balaban J connectivity index is 1.64. The van der Waals surface area contributed by atoms with Crippen LogP contribution in [0.25, 0.3) is 0 Å². The lowest BCUT2D eigenvalue weighted by Crippen LogP contribution is -2.32. The number of amides is 1. The quantitative estimate of drug-likeness (QED) is 0.519. The largest absolute Gasteiger partial charge is 0.456 e. The van der Waals surface area contributed by atoms with Crippen LogP contribution in [-0.2, 0) is 10.0 Å². The molecule has 1 amide bonds. The van der Waals surface area contributed by atoms with Gasteiger partial charge in [0.15, 0.2) is 11.5 Å². The molecule has 0 atom stereocenters. The highest BCUT2D eigenvalue weighted by atomic mass is 32.2. The van der Waals surface area contributed by atoms with E-state index in [1.165, 1.54) is 16.4 Å². The summed E-state index contributed by atoms with van der Waals surface area (Å²) in [5.41, 5.74) is 1.71. The molecule has 5 rings (SSSR count). The van der Waals surface area contributed by atoms with E-state index < -0.39 is 15.9 Å². The average molecular weight is 479 g/mol. The van der Waals surface area contributed by atoms with E-state index in [0.717, 1.165) is 31.2 Å². The molecule has 0 unspecified atom stereocenters. The zero-order valence-corrected chi connectivity index (χ0v) is 19.7. The highest BCUT2D eigenvalue weighted by Gasteiger charge is 2.32. The number of fused-ring (bicyclic) bond motifs is 2. The van der Waals surface area contributed by atoms with Gasteiger partial charge in [0, 0.05) is 19.2 Å². The number of para-hydroxylation sites is 2. The van der Waals surface area contributed by atoms with Crippen molar-refractivity contribution < 1.29 is 22.7 Å². The highest BCUT2D eigenvalue weighted by Crippen LogP contribution is 2.42. The van der Waals surface area contributed by atoms with Gasteiger partial charge in [-0.3, -0.25) is 4.79 Å². The number of hydrogen-bond acceptors (Lipinski definition) is 5. The summed E-state index contributed by atoms with van der Waals surface area (Å²) in [5, 5.41) is 2.81. The monoisotopic (exact) mass is 478 g/mol. The number of carbonyl (C=O) groups is 1. The number of rotatable bonds is 4. The number of aryl methyl sites for hydroxylation is 1. The first kappa shape index (κ1) is 22.4. The zero-order chi connectivity index (χ0) is 23.7. The van der Waals surface area contributed by atoms with Crippen LogP contribution in [0.3, 0.4) is 0 Å². The second-order valence-electron chi connectivity index (χ2n) is 8.58. The van der Waals surface area contributed by atoms with Crippen LogP contribution >= 0.6 is 0 Å². The molecule has 2 aliphatic heterocycles. The van der Waals surface area contributed by atoms with Crippen molar-refractivity contribution in [2.45, 2.75) is 37.5 Å². The van der Waals surface area contributed by atoms with Crippen LogP contribution in [0.1, 0.15) is 41.6 Å². The highest BCUT2D eigenvalue weighted by molar-refractivity contribution is 7.89. The molecule has 176 valence electrons. The molecular formula is C26H26N2O5S. The third-order valence-corrected chi connectivity index (χ3v) is 8.00. The molecule has 7 nitrogen and oxygen atoms in total. The fourth-order valence-corrected chi connectivity index (χ4v) is 5.84. The van der Waals surface area contributed by atoms with Crippen molar-refractivity contribution in [2.75, 3.05) is 18.4 Å².